The predicted octanol–water partition coefficient (Wildman–Crippen LogP) is 2.48. The average molecular weight is 255 g/mol. The summed E-state index contributed by atoms with van der Waals surface area (Å²) in [6, 6.07) is 3.43. The summed E-state index contributed by atoms with van der Waals surface area (Å²) >= 11 is 1.98. The minimum absolute atomic E-state index is 0.0197. The van der Waals surface area contributed by atoms with Gasteiger partial charge in [-0.15, -0.1) is 0 Å². The molecule has 2 heterocycles. The molecule has 0 bridgehead atoms. The van der Waals surface area contributed by atoms with Crippen molar-refractivity contribution in [1.82, 2.24) is 4.90 Å². The van der Waals surface area contributed by atoms with Crippen molar-refractivity contribution in [3.63, 3.8) is 0 Å². The number of carboxylic acid groups (broad SMARTS) is 1. The smallest absolute Gasteiger partial charge is 0.371 e. The van der Waals surface area contributed by atoms with Crippen LogP contribution < -0.4 is 0 Å². The lowest BCUT2D eigenvalue weighted by Crippen LogP contribution is -2.38. The average Bonchev–Trinajstić information content (AvgIpc) is 2.77. The molecule has 2 atom stereocenters. The van der Waals surface area contributed by atoms with E-state index in [2.05, 4.69) is 18.7 Å². The zero-order valence-corrected chi connectivity index (χ0v) is 10.9. The second-order valence-electron chi connectivity index (χ2n) is 4.36. The number of thioether (sulfide) groups is 1. The zero-order valence-electron chi connectivity index (χ0n) is 10.0. The van der Waals surface area contributed by atoms with Crippen LogP contribution in [0.15, 0.2) is 16.5 Å². The summed E-state index contributed by atoms with van der Waals surface area (Å²) in [4.78, 5) is 13.1. The first kappa shape index (κ1) is 12.5. The summed E-state index contributed by atoms with van der Waals surface area (Å²) < 4.78 is 5.35. The van der Waals surface area contributed by atoms with Crippen molar-refractivity contribution in [2.24, 2.45) is 0 Å². The molecule has 1 aliphatic heterocycles. The van der Waals surface area contributed by atoms with Gasteiger partial charge in [-0.3, -0.25) is 4.90 Å². The minimum atomic E-state index is -1.01. The highest BCUT2D eigenvalue weighted by Crippen LogP contribution is 2.27. The number of rotatable bonds is 3. The summed E-state index contributed by atoms with van der Waals surface area (Å²) in [5, 5.41) is 9.45. The fourth-order valence-electron chi connectivity index (χ4n) is 2.07. The third kappa shape index (κ3) is 2.84. The van der Waals surface area contributed by atoms with Crippen LogP contribution in [0.3, 0.4) is 0 Å². The van der Waals surface area contributed by atoms with E-state index < -0.39 is 5.97 Å². The lowest BCUT2D eigenvalue weighted by atomic mass is 10.2. The highest BCUT2D eigenvalue weighted by atomic mass is 32.2. The summed E-state index contributed by atoms with van der Waals surface area (Å²) in [5.41, 5.74) is 0. The maximum atomic E-state index is 10.8. The molecule has 1 fully saturated rings. The molecule has 0 aliphatic carbocycles. The molecular formula is C12H17NO3S. The topological polar surface area (TPSA) is 53.7 Å². The van der Waals surface area contributed by atoms with E-state index >= 15 is 0 Å². The Balaban J connectivity index is 2.07. The quantitative estimate of drug-likeness (QED) is 0.899. The van der Waals surface area contributed by atoms with Gasteiger partial charge < -0.3 is 9.52 Å². The summed E-state index contributed by atoms with van der Waals surface area (Å²) in [6.07, 6.45) is 0. The lowest BCUT2D eigenvalue weighted by Gasteiger charge is -2.34. The van der Waals surface area contributed by atoms with Gasteiger partial charge in [0.25, 0.3) is 0 Å². The van der Waals surface area contributed by atoms with Crippen molar-refractivity contribution < 1.29 is 14.3 Å². The Morgan fingerprint density at radius 3 is 3.00 bits per heavy atom. The SMILES string of the molecule is CC1CN(C(C)c2ccc(C(=O)O)o2)CCS1. The van der Waals surface area contributed by atoms with E-state index in [1.165, 1.54) is 6.07 Å². The maximum Gasteiger partial charge on any atom is 0.371 e. The normalized spacial score (nSPS) is 23.5. The van der Waals surface area contributed by atoms with Crippen LogP contribution in [0, 0.1) is 0 Å². The molecule has 17 heavy (non-hydrogen) atoms. The fraction of sp³-hybridized carbons (Fsp3) is 0.583. The monoisotopic (exact) mass is 255 g/mol. The molecule has 1 saturated heterocycles. The summed E-state index contributed by atoms with van der Waals surface area (Å²) in [7, 11) is 0. The van der Waals surface area contributed by atoms with Crippen molar-refractivity contribution in [3.8, 4) is 0 Å². The van der Waals surface area contributed by atoms with E-state index in [9.17, 15) is 4.79 Å². The molecular weight excluding hydrogens is 238 g/mol. The molecule has 1 aromatic heterocycles. The maximum absolute atomic E-state index is 10.8. The number of hydrogen-bond donors (Lipinski definition) is 1. The molecule has 4 nitrogen and oxygen atoms in total. The molecule has 0 spiro atoms. The number of carboxylic acids is 1. The van der Waals surface area contributed by atoms with Gasteiger partial charge in [0.15, 0.2) is 0 Å². The number of nitrogens with zero attached hydrogens (tertiary/aromatic N) is 1. The Bertz CT molecular complexity index is 404. The minimum Gasteiger partial charge on any atom is -0.475 e. The van der Waals surface area contributed by atoms with Crippen molar-refractivity contribution in [3.05, 3.63) is 23.7 Å². The van der Waals surface area contributed by atoms with E-state index in [1.54, 1.807) is 6.07 Å². The first-order valence-corrected chi connectivity index (χ1v) is 6.81. The summed E-state index contributed by atoms with van der Waals surface area (Å²) in [6.45, 7) is 6.33. The van der Waals surface area contributed by atoms with Gasteiger partial charge in [0.2, 0.25) is 5.76 Å². The number of furan rings is 1. The fourth-order valence-corrected chi connectivity index (χ4v) is 3.11. The Morgan fingerprint density at radius 2 is 2.41 bits per heavy atom. The van der Waals surface area contributed by atoms with Crippen molar-refractivity contribution in [2.45, 2.75) is 25.1 Å². The van der Waals surface area contributed by atoms with Crippen LogP contribution in [-0.2, 0) is 0 Å². The third-order valence-electron chi connectivity index (χ3n) is 3.07. The van der Waals surface area contributed by atoms with Crippen molar-refractivity contribution in [1.29, 1.82) is 0 Å². The van der Waals surface area contributed by atoms with Gasteiger partial charge in [-0.05, 0) is 19.1 Å². The molecule has 1 aromatic rings. The molecule has 0 radical (unpaired) electrons. The van der Waals surface area contributed by atoms with Crippen LogP contribution in [-0.4, -0.2) is 40.1 Å². The molecule has 2 unspecified atom stereocenters. The third-order valence-corrected chi connectivity index (χ3v) is 4.21. The van der Waals surface area contributed by atoms with Gasteiger partial charge in [0, 0.05) is 24.1 Å². The molecule has 1 aliphatic rings. The van der Waals surface area contributed by atoms with E-state index in [4.69, 9.17) is 9.52 Å². The van der Waals surface area contributed by atoms with Crippen molar-refractivity contribution in [2.75, 3.05) is 18.8 Å². The van der Waals surface area contributed by atoms with Crippen LogP contribution in [0.4, 0.5) is 0 Å². The van der Waals surface area contributed by atoms with Gasteiger partial charge >= 0.3 is 5.97 Å². The Kier molecular flexibility index (Phi) is 3.79. The number of carbonyl (C=O) groups is 1. The molecule has 94 valence electrons. The second kappa shape index (κ2) is 5.14. The zero-order chi connectivity index (χ0) is 12.4. The lowest BCUT2D eigenvalue weighted by molar-refractivity contribution is 0.0656. The number of hydrogen-bond acceptors (Lipinski definition) is 4. The molecule has 0 aromatic carbocycles. The number of aromatic carboxylic acids is 1. The van der Waals surface area contributed by atoms with E-state index in [0.29, 0.717) is 5.25 Å². The predicted molar refractivity (Wildman–Crippen MR) is 67.6 cm³/mol. The van der Waals surface area contributed by atoms with Gasteiger partial charge in [0.1, 0.15) is 5.76 Å². The van der Waals surface area contributed by atoms with E-state index in [0.717, 1.165) is 24.6 Å². The highest BCUT2D eigenvalue weighted by molar-refractivity contribution is 7.99. The van der Waals surface area contributed by atoms with Crippen LogP contribution in [0.25, 0.3) is 0 Å². The van der Waals surface area contributed by atoms with Gasteiger partial charge in [-0.25, -0.2) is 4.79 Å². The van der Waals surface area contributed by atoms with Crippen LogP contribution in [0.2, 0.25) is 0 Å². The Morgan fingerprint density at radius 1 is 1.65 bits per heavy atom. The molecule has 5 heteroatoms. The van der Waals surface area contributed by atoms with Crippen LogP contribution in [0.5, 0.6) is 0 Å². The molecule has 1 N–H and O–H groups in total. The Hall–Kier alpha value is -0.940. The van der Waals surface area contributed by atoms with E-state index in [1.807, 2.05) is 11.8 Å². The Labute approximate surface area is 105 Å². The van der Waals surface area contributed by atoms with E-state index in [-0.39, 0.29) is 11.8 Å². The second-order valence-corrected chi connectivity index (χ2v) is 5.91. The van der Waals surface area contributed by atoms with Gasteiger partial charge in [-0.1, -0.05) is 6.92 Å². The van der Waals surface area contributed by atoms with Crippen LogP contribution >= 0.6 is 11.8 Å². The summed E-state index contributed by atoms with van der Waals surface area (Å²) in [5.74, 6) is 0.872. The van der Waals surface area contributed by atoms with Crippen LogP contribution in [0.1, 0.15) is 36.2 Å². The van der Waals surface area contributed by atoms with Gasteiger partial charge in [0.05, 0.1) is 6.04 Å². The molecule has 2 rings (SSSR count). The molecule has 0 saturated carbocycles. The first-order chi connectivity index (χ1) is 8.08. The standard InChI is InChI=1S/C12H17NO3S/c1-8-7-13(5-6-17-8)9(2)10-3-4-11(16-10)12(14)15/h3-4,8-9H,5-7H2,1-2H3,(H,14,15). The van der Waals surface area contributed by atoms with Gasteiger partial charge in [-0.2, -0.15) is 11.8 Å². The molecule has 0 amide bonds. The van der Waals surface area contributed by atoms with Crippen molar-refractivity contribution >= 4 is 17.7 Å². The first-order valence-electron chi connectivity index (χ1n) is 5.76. The largest absolute Gasteiger partial charge is 0.475 e. The highest BCUT2D eigenvalue weighted by Gasteiger charge is 2.24.